The Morgan fingerprint density at radius 1 is 1.11 bits per heavy atom. The zero-order valence-electron chi connectivity index (χ0n) is 12.8. The van der Waals surface area contributed by atoms with Crippen LogP contribution in [0.1, 0.15) is 36.1 Å². The van der Waals surface area contributed by atoms with E-state index in [-0.39, 0.29) is 5.91 Å². The lowest BCUT2D eigenvalue weighted by Crippen LogP contribution is -2.35. The Labute approximate surface area is 116 Å². The highest BCUT2D eigenvalue weighted by Crippen LogP contribution is 2.14. The minimum absolute atomic E-state index is 0.0650. The molecule has 0 aliphatic rings. The molecule has 19 heavy (non-hydrogen) atoms. The van der Waals surface area contributed by atoms with Crippen molar-refractivity contribution in [2.45, 2.75) is 41.2 Å². The molecule has 0 bridgehead atoms. The van der Waals surface area contributed by atoms with Crippen LogP contribution >= 0.6 is 0 Å². The lowest BCUT2D eigenvalue weighted by Gasteiger charge is -2.12. The molecule has 0 spiro atoms. The van der Waals surface area contributed by atoms with E-state index in [2.05, 4.69) is 57.4 Å². The van der Waals surface area contributed by atoms with E-state index in [1.807, 2.05) is 0 Å². The molecule has 0 aliphatic heterocycles. The number of hydrogen-bond acceptors (Lipinski definition) is 2. The summed E-state index contributed by atoms with van der Waals surface area (Å²) in [4.78, 5) is 11.6. The number of rotatable bonds is 6. The van der Waals surface area contributed by atoms with E-state index < -0.39 is 0 Å². The zero-order chi connectivity index (χ0) is 14.4. The molecule has 0 atom stereocenters. The Morgan fingerprint density at radius 3 is 2.37 bits per heavy atom. The van der Waals surface area contributed by atoms with Crippen LogP contribution in [0, 0.1) is 26.7 Å². The molecule has 0 saturated heterocycles. The van der Waals surface area contributed by atoms with Crippen molar-refractivity contribution in [2.75, 3.05) is 13.1 Å². The van der Waals surface area contributed by atoms with Crippen LogP contribution in [0.25, 0.3) is 0 Å². The monoisotopic (exact) mass is 262 g/mol. The summed E-state index contributed by atoms with van der Waals surface area (Å²) in [5.74, 6) is 0.557. The van der Waals surface area contributed by atoms with Crippen molar-refractivity contribution in [3.8, 4) is 0 Å². The second-order valence-electron chi connectivity index (χ2n) is 5.66. The van der Waals surface area contributed by atoms with Gasteiger partial charge < -0.3 is 10.6 Å². The van der Waals surface area contributed by atoms with E-state index >= 15 is 0 Å². The van der Waals surface area contributed by atoms with Crippen molar-refractivity contribution in [1.82, 2.24) is 10.6 Å². The molecule has 3 nitrogen and oxygen atoms in total. The summed E-state index contributed by atoms with van der Waals surface area (Å²) >= 11 is 0. The Morgan fingerprint density at radius 2 is 1.74 bits per heavy atom. The highest BCUT2D eigenvalue weighted by Gasteiger charge is 2.04. The van der Waals surface area contributed by atoms with Gasteiger partial charge in [0.2, 0.25) is 5.91 Å². The summed E-state index contributed by atoms with van der Waals surface area (Å²) in [5, 5.41) is 6.10. The molecular weight excluding hydrogens is 236 g/mol. The van der Waals surface area contributed by atoms with Gasteiger partial charge in [-0.15, -0.1) is 0 Å². The van der Waals surface area contributed by atoms with Crippen LogP contribution < -0.4 is 10.6 Å². The number of amides is 1. The normalized spacial score (nSPS) is 10.8. The first kappa shape index (κ1) is 15.7. The van der Waals surface area contributed by atoms with E-state index in [0.717, 1.165) is 13.1 Å². The molecule has 0 unspecified atom stereocenters. The third-order valence-corrected chi connectivity index (χ3v) is 3.26. The molecule has 0 fully saturated rings. The first-order valence-electron chi connectivity index (χ1n) is 6.94. The van der Waals surface area contributed by atoms with Crippen LogP contribution in [0.3, 0.4) is 0 Å². The Kier molecular flexibility index (Phi) is 6.03. The first-order valence-corrected chi connectivity index (χ1v) is 6.94. The molecular formula is C16H26N2O. The van der Waals surface area contributed by atoms with Gasteiger partial charge >= 0.3 is 0 Å². The van der Waals surface area contributed by atoms with E-state index in [0.29, 0.717) is 12.5 Å². The lowest BCUT2D eigenvalue weighted by molar-refractivity contribution is -0.120. The molecule has 3 heteroatoms. The first-order chi connectivity index (χ1) is 8.90. The standard InChI is InChI=1S/C16H26N2O/c1-11(2)8-18-16(19)10-17-9-15-7-13(4)12(3)6-14(15)5/h6-7,11,17H,8-10H2,1-5H3,(H,18,19). The SMILES string of the molecule is Cc1cc(C)c(CNCC(=O)NCC(C)C)cc1C. The predicted octanol–water partition coefficient (Wildman–Crippen LogP) is 2.47. The summed E-state index contributed by atoms with van der Waals surface area (Å²) in [6.45, 7) is 12.4. The van der Waals surface area contributed by atoms with Gasteiger partial charge in [0.05, 0.1) is 6.54 Å². The van der Waals surface area contributed by atoms with E-state index in [4.69, 9.17) is 0 Å². The van der Waals surface area contributed by atoms with Gasteiger partial charge in [0.15, 0.2) is 0 Å². The summed E-state index contributed by atoms with van der Waals surface area (Å²) in [7, 11) is 0. The van der Waals surface area contributed by atoms with Crippen LogP contribution in [-0.4, -0.2) is 19.0 Å². The summed E-state index contributed by atoms with van der Waals surface area (Å²) in [6, 6.07) is 4.40. The van der Waals surface area contributed by atoms with Crippen LogP contribution in [0.15, 0.2) is 12.1 Å². The summed E-state index contributed by atoms with van der Waals surface area (Å²) in [6.07, 6.45) is 0. The van der Waals surface area contributed by atoms with Gasteiger partial charge in [-0.05, 0) is 48.9 Å². The second-order valence-corrected chi connectivity index (χ2v) is 5.66. The van der Waals surface area contributed by atoms with E-state index in [1.54, 1.807) is 0 Å². The van der Waals surface area contributed by atoms with Gasteiger partial charge in [0, 0.05) is 13.1 Å². The van der Waals surface area contributed by atoms with Crippen molar-refractivity contribution < 1.29 is 4.79 Å². The number of hydrogen-bond donors (Lipinski definition) is 2. The highest BCUT2D eigenvalue weighted by molar-refractivity contribution is 5.77. The zero-order valence-corrected chi connectivity index (χ0v) is 12.8. The number of aryl methyl sites for hydroxylation is 3. The molecule has 1 aromatic carbocycles. The molecule has 0 saturated carbocycles. The number of nitrogens with one attached hydrogen (secondary N) is 2. The average molecular weight is 262 g/mol. The number of benzene rings is 1. The molecule has 0 aliphatic carbocycles. The van der Waals surface area contributed by atoms with Crippen molar-refractivity contribution in [3.63, 3.8) is 0 Å². The molecule has 1 amide bonds. The number of carbonyl (C=O) groups excluding carboxylic acids is 1. The smallest absolute Gasteiger partial charge is 0.233 e. The number of carbonyl (C=O) groups is 1. The minimum Gasteiger partial charge on any atom is -0.355 e. The van der Waals surface area contributed by atoms with Gasteiger partial charge in [-0.3, -0.25) is 4.79 Å². The van der Waals surface area contributed by atoms with Crippen molar-refractivity contribution in [1.29, 1.82) is 0 Å². The molecule has 0 heterocycles. The third kappa shape index (κ3) is 5.43. The average Bonchev–Trinajstić information content (AvgIpc) is 2.33. The van der Waals surface area contributed by atoms with E-state index in [1.165, 1.54) is 22.3 Å². The molecule has 0 aromatic heterocycles. The maximum absolute atomic E-state index is 11.6. The van der Waals surface area contributed by atoms with Crippen LogP contribution in [0.4, 0.5) is 0 Å². The van der Waals surface area contributed by atoms with Gasteiger partial charge in [-0.25, -0.2) is 0 Å². The Bertz CT molecular complexity index is 439. The van der Waals surface area contributed by atoms with Crippen molar-refractivity contribution in [2.24, 2.45) is 5.92 Å². The quantitative estimate of drug-likeness (QED) is 0.827. The van der Waals surface area contributed by atoms with Crippen molar-refractivity contribution >= 4 is 5.91 Å². The van der Waals surface area contributed by atoms with Crippen molar-refractivity contribution in [3.05, 3.63) is 34.4 Å². The third-order valence-electron chi connectivity index (χ3n) is 3.26. The molecule has 2 N–H and O–H groups in total. The van der Waals surface area contributed by atoms with Gasteiger partial charge in [0.1, 0.15) is 0 Å². The molecule has 1 rings (SSSR count). The fourth-order valence-electron chi connectivity index (χ4n) is 1.90. The molecule has 106 valence electrons. The van der Waals surface area contributed by atoms with Gasteiger partial charge in [0.25, 0.3) is 0 Å². The molecule has 0 radical (unpaired) electrons. The topological polar surface area (TPSA) is 41.1 Å². The Balaban J connectivity index is 2.41. The Hall–Kier alpha value is -1.35. The maximum atomic E-state index is 11.6. The second kappa shape index (κ2) is 7.29. The summed E-state index contributed by atoms with van der Waals surface area (Å²) in [5.41, 5.74) is 5.15. The van der Waals surface area contributed by atoms with Crippen LogP contribution in [-0.2, 0) is 11.3 Å². The molecule has 1 aromatic rings. The summed E-state index contributed by atoms with van der Waals surface area (Å²) < 4.78 is 0. The highest BCUT2D eigenvalue weighted by atomic mass is 16.1. The maximum Gasteiger partial charge on any atom is 0.233 e. The van der Waals surface area contributed by atoms with Crippen LogP contribution in [0.2, 0.25) is 0 Å². The predicted molar refractivity (Wildman–Crippen MR) is 80.2 cm³/mol. The van der Waals surface area contributed by atoms with Gasteiger partial charge in [-0.1, -0.05) is 26.0 Å². The fraction of sp³-hybridized carbons (Fsp3) is 0.562. The lowest BCUT2D eigenvalue weighted by atomic mass is 10.0. The fourth-order valence-corrected chi connectivity index (χ4v) is 1.90. The minimum atomic E-state index is 0.0650. The van der Waals surface area contributed by atoms with Gasteiger partial charge in [-0.2, -0.15) is 0 Å². The van der Waals surface area contributed by atoms with Crippen LogP contribution in [0.5, 0.6) is 0 Å². The van der Waals surface area contributed by atoms with E-state index in [9.17, 15) is 4.79 Å². The largest absolute Gasteiger partial charge is 0.355 e.